The minimum Gasteiger partial charge on any atom is -0.463 e. The fourth-order valence-corrected chi connectivity index (χ4v) is 0.355. The summed E-state index contributed by atoms with van der Waals surface area (Å²) in [7, 11) is 0. The van der Waals surface area contributed by atoms with Gasteiger partial charge >= 0.3 is 5.97 Å². The normalized spacial score (nSPS) is 8.62. The Hall–Kier alpha value is -1.13. The smallest absolute Gasteiger partial charge is 0.311 e. The molecule has 0 bridgehead atoms. The van der Waals surface area contributed by atoms with Gasteiger partial charge in [-0.2, -0.15) is 0 Å². The van der Waals surface area contributed by atoms with Gasteiger partial charge in [0.2, 0.25) is 0 Å². The van der Waals surface area contributed by atoms with Gasteiger partial charge in [0.1, 0.15) is 6.61 Å². The Morgan fingerprint density at radius 1 is 1.38 bits per heavy atom. The second-order valence-corrected chi connectivity index (χ2v) is 3.48. The summed E-state index contributed by atoms with van der Waals surface area (Å²) in [4.78, 5) is 10.9. The summed E-state index contributed by atoms with van der Waals surface area (Å²) >= 11 is 0. The molecule has 0 atom stereocenters. The van der Waals surface area contributed by atoms with Gasteiger partial charge in [0.25, 0.3) is 0 Å². The van der Waals surface area contributed by atoms with E-state index in [1.165, 1.54) is 0 Å². The van der Waals surface area contributed by atoms with Crippen molar-refractivity contribution in [2.75, 3.05) is 13.2 Å². The molecule has 0 aliphatic carbocycles. The quantitative estimate of drug-likeness (QED) is 0.288. The first-order valence-electron chi connectivity index (χ1n) is 4.42. The molecule has 0 aliphatic heterocycles. The Morgan fingerprint density at radius 2 is 1.69 bits per heavy atom. The van der Waals surface area contributed by atoms with Crippen LogP contribution in [0.5, 0.6) is 0 Å². The molecular formula is C10H20O6. The molecule has 0 spiro atoms. The maximum absolute atomic E-state index is 10.9. The van der Waals surface area contributed by atoms with Crippen molar-refractivity contribution in [3.8, 4) is 12.3 Å². The molecule has 0 saturated carbocycles. The standard InChI is InChI=1S/C7H14O3.C3H4.H2O3/c1-7(2,3)6(9)10-5-4-8;2*1-3-2/h8H,4-5H2,1-3H3;1H,2H3;1-2H. The molecule has 0 aromatic heterocycles. The largest absolute Gasteiger partial charge is 0.463 e. The fourth-order valence-electron chi connectivity index (χ4n) is 0.355. The first-order chi connectivity index (χ1) is 7.31. The molecule has 0 radical (unpaired) electrons. The summed E-state index contributed by atoms with van der Waals surface area (Å²) in [5.74, 6) is 1.97. The minimum absolute atomic E-state index is 0.0934. The van der Waals surface area contributed by atoms with E-state index in [4.69, 9.17) is 15.6 Å². The number of hydrogen-bond acceptors (Lipinski definition) is 6. The van der Waals surface area contributed by atoms with Crippen molar-refractivity contribution in [3.05, 3.63) is 0 Å². The SMILES string of the molecule is C#CC.CC(C)(C)C(=O)OCCO.OOO. The predicted octanol–water partition coefficient (Wildman–Crippen LogP) is 1.16. The third-order valence-corrected chi connectivity index (χ3v) is 0.937. The second kappa shape index (κ2) is 13.9. The van der Waals surface area contributed by atoms with E-state index in [1.54, 1.807) is 27.7 Å². The van der Waals surface area contributed by atoms with Crippen molar-refractivity contribution in [1.82, 2.24) is 0 Å². The minimum atomic E-state index is -0.463. The van der Waals surface area contributed by atoms with E-state index >= 15 is 0 Å². The molecule has 0 unspecified atom stereocenters. The summed E-state index contributed by atoms with van der Waals surface area (Å²) in [6.45, 7) is 6.95. The first kappa shape index (κ1) is 20.3. The van der Waals surface area contributed by atoms with Crippen molar-refractivity contribution < 1.29 is 30.2 Å². The Balaban J connectivity index is -0.000000235. The molecule has 0 fully saturated rings. The van der Waals surface area contributed by atoms with Gasteiger partial charge in [0.05, 0.1) is 12.0 Å². The maximum Gasteiger partial charge on any atom is 0.311 e. The summed E-state index contributed by atoms with van der Waals surface area (Å²) in [6, 6.07) is 0. The van der Waals surface area contributed by atoms with Gasteiger partial charge in [-0.05, 0) is 27.7 Å². The molecule has 0 aliphatic rings. The number of terminal acetylenes is 1. The van der Waals surface area contributed by atoms with Crippen LogP contribution in [0.4, 0.5) is 0 Å². The third kappa shape index (κ3) is 23.0. The molecule has 0 aromatic rings. The molecule has 96 valence electrons. The molecule has 16 heavy (non-hydrogen) atoms. The zero-order valence-electron chi connectivity index (χ0n) is 10.1. The van der Waals surface area contributed by atoms with E-state index in [-0.39, 0.29) is 19.2 Å². The number of carbonyl (C=O) groups excluding carboxylic acids is 1. The average molecular weight is 236 g/mol. The van der Waals surface area contributed by atoms with Gasteiger partial charge in [-0.15, -0.1) is 12.3 Å². The van der Waals surface area contributed by atoms with Crippen LogP contribution in [0.2, 0.25) is 0 Å². The molecule has 0 saturated heterocycles. The van der Waals surface area contributed by atoms with Crippen molar-refractivity contribution >= 4 is 5.97 Å². The Kier molecular flexibility index (Phi) is 17.6. The highest BCUT2D eigenvalue weighted by molar-refractivity contribution is 5.75. The van der Waals surface area contributed by atoms with Crippen LogP contribution in [-0.2, 0) is 14.6 Å². The lowest BCUT2D eigenvalue weighted by molar-refractivity contribution is -0.465. The van der Waals surface area contributed by atoms with E-state index in [2.05, 4.69) is 22.1 Å². The highest BCUT2D eigenvalue weighted by Gasteiger charge is 2.22. The van der Waals surface area contributed by atoms with Gasteiger partial charge in [-0.25, -0.2) is 10.5 Å². The van der Waals surface area contributed by atoms with Gasteiger partial charge in [0, 0.05) is 0 Å². The van der Waals surface area contributed by atoms with E-state index in [9.17, 15) is 4.79 Å². The molecule has 0 heterocycles. The lowest BCUT2D eigenvalue weighted by Crippen LogP contribution is -2.24. The number of rotatable bonds is 2. The lowest BCUT2D eigenvalue weighted by atomic mass is 9.97. The van der Waals surface area contributed by atoms with Crippen LogP contribution in [-0.4, -0.2) is 34.8 Å². The topological polar surface area (TPSA) is 96.2 Å². The number of aliphatic hydroxyl groups is 1. The summed E-state index contributed by atoms with van der Waals surface area (Å²) in [5.41, 5.74) is -0.463. The van der Waals surface area contributed by atoms with Crippen LogP contribution < -0.4 is 0 Å². The van der Waals surface area contributed by atoms with Crippen molar-refractivity contribution in [2.24, 2.45) is 5.41 Å². The predicted molar refractivity (Wildman–Crippen MR) is 58.3 cm³/mol. The molecule has 0 aromatic carbocycles. The number of carbonyl (C=O) groups is 1. The van der Waals surface area contributed by atoms with E-state index < -0.39 is 5.41 Å². The Bertz CT molecular complexity index is 188. The summed E-state index contributed by atoms with van der Waals surface area (Å²) in [5, 5.41) is 23.8. The van der Waals surface area contributed by atoms with E-state index in [1.807, 2.05) is 0 Å². The van der Waals surface area contributed by atoms with Gasteiger partial charge in [-0.1, -0.05) is 5.04 Å². The molecular weight excluding hydrogens is 216 g/mol. The number of hydrogen-bond donors (Lipinski definition) is 3. The maximum atomic E-state index is 10.9. The monoisotopic (exact) mass is 236 g/mol. The fraction of sp³-hybridized carbons (Fsp3) is 0.700. The Morgan fingerprint density at radius 3 is 1.88 bits per heavy atom. The molecule has 0 amide bonds. The highest BCUT2D eigenvalue weighted by Crippen LogP contribution is 2.14. The van der Waals surface area contributed by atoms with Crippen molar-refractivity contribution in [1.29, 1.82) is 0 Å². The van der Waals surface area contributed by atoms with Crippen LogP contribution in [0, 0.1) is 17.8 Å². The summed E-state index contributed by atoms with van der Waals surface area (Å²) < 4.78 is 4.67. The molecule has 6 nitrogen and oxygen atoms in total. The van der Waals surface area contributed by atoms with Crippen LogP contribution in [0.15, 0.2) is 0 Å². The first-order valence-corrected chi connectivity index (χ1v) is 4.42. The summed E-state index contributed by atoms with van der Waals surface area (Å²) in [6.07, 6.45) is 4.60. The second-order valence-electron chi connectivity index (χ2n) is 3.48. The van der Waals surface area contributed by atoms with Crippen molar-refractivity contribution in [3.63, 3.8) is 0 Å². The lowest BCUT2D eigenvalue weighted by Gasteiger charge is -2.15. The van der Waals surface area contributed by atoms with Gasteiger partial charge < -0.3 is 9.84 Å². The number of aliphatic hydroxyl groups excluding tert-OH is 1. The molecule has 0 rings (SSSR count). The zero-order valence-corrected chi connectivity index (χ0v) is 10.1. The van der Waals surface area contributed by atoms with Crippen molar-refractivity contribution in [2.45, 2.75) is 27.7 Å². The third-order valence-electron chi connectivity index (χ3n) is 0.937. The van der Waals surface area contributed by atoms with Crippen LogP contribution in [0.25, 0.3) is 0 Å². The van der Waals surface area contributed by atoms with Gasteiger partial charge in [-0.3, -0.25) is 4.79 Å². The molecule has 3 N–H and O–H groups in total. The van der Waals surface area contributed by atoms with Gasteiger partial charge in [0.15, 0.2) is 0 Å². The Labute approximate surface area is 95.7 Å². The van der Waals surface area contributed by atoms with E-state index in [0.29, 0.717) is 0 Å². The van der Waals surface area contributed by atoms with E-state index in [0.717, 1.165) is 0 Å². The molecule has 6 heteroatoms. The van der Waals surface area contributed by atoms with Crippen LogP contribution in [0.3, 0.4) is 0 Å². The highest BCUT2D eigenvalue weighted by atomic mass is 17.4. The zero-order chi connectivity index (χ0) is 13.6. The average Bonchev–Trinajstić information content (AvgIpc) is 2.15. The van der Waals surface area contributed by atoms with Crippen LogP contribution >= 0.6 is 0 Å². The number of esters is 1. The number of ether oxygens (including phenoxy) is 1. The van der Waals surface area contributed by atoms with Crippen LogP contribution in [0.1, 0.15) is 27.7 Å².